The summed E-state index contributed by atoms with van der Waals surface area (Å²) in [4.78, 5) is 0. The van der Waals surface area contributed by atoms with Crippen LogP contribution in [0.15, 0.2) is 0 Å². The third-order valence-corrected chi connectivity index (χ3v) is 2.31. The Labute approximate surface area is 69.5 Å². The van der Waals surface area contributed by atoms with E-state index in [0.29, 0.717) is 6.04 Å². The Bertz CT molecular complexity index is 104. The van der Waals surface area contributed by atoms with Crippen molar-refractivity contribution in [3.05, 3.63) is 0 Å². The largest absolute Gasteiger partial charge is 0.271 e. The monoisotopic (exact) mass is 156 g/mol. The number of rotatable bonds is 5. The second-order valence-corrected chi connectivity index (χ2v) is 4.17. The van der Waals surface area contributed by atoms with E-state index in [1.54, 1.807) is 0 Å². The topological polar surface area (TPSA) is 38.0 Å². The molecule has 0 bridgehead atoms. The molecule has 1 unspecified atom stereocenters. The maximum Gasteiger partial charge on any atom is 0.0215 e. The van der Waals surface area contributed by atoms with Crippen LogP contribution in [0.5, 0.6) is 0 Å². The maximum absolute atomic E-state index is 5.45. The van der Waals surface area contributed by atoms with Crippen molar-refractivity contribution in [1.82, 2.24) is 5.43 Å². The second-order valence-electron chi connectivity index (χ2n) is 4.17. The Hall–Kier alpha value is -0.0800. The lowest BCUT2D eigenvalue weighted by Crippen LogP contribution is -2.36. The SMILES string of the molecule is CC(C)CC(CC1CC1)NN. The van der Waals surface area contributed by atoms with Crippen molar-refractivity contribution in [2.75, 3.05) is 0 Å². The van der Waals surface area contributed by atoms with E-state index >= 15 is 0 Å². The van der Waals surface area contributed by atoms with Crippen molar-refractivity contribution >= 4 is 0 Å². The maximum atomic E-state index is 5.45. The van der Waals surface area contributed by atoms with Gasteiger partial charge in [0.15, 0.2) is 0 Å². The first-order valence-electron chi connectivity index (χ1n) is 4.68. The molecule has 2 heteroatoms. The molecule has 1 atom stereocenters. The summed E-state index contributed by atoms with van der Waals surface area (Å²) in [7, 11) is 0. The average molecular weight is 156 g/mol. The number of hydrazine groups is 1. The fourth-order valence-corrected chi connectivity index (χ4v) is 1.56. The molecular formula is C9H20N2. The Morgan fingerprint density at radius 2 is 2.09 bits per heavy atom. The molecular weight excluding hydrogens is 136 g/mol. The highest BCUT2D eigenvalue weighted by molar-refractivity contribution is 4.79. The molecule has 1 rings (SSSR count). The molecule has 0 amide bonds. The van der Waals surface area contributed by atoms with Gasteiger partial charge in [0.05, 0.1) is 0 Å². The van der Waals surface area contributed by atoms with E-state index in [0.717, 1.165) is 11.8 Å². The zero-order chi connectivity index (χ0) is 8.27. The Morgan fingerprint density at radius 3 is 2.45 bits per heavy atom. The van der Waals surface area contributed by atoms with Crippen molar-refractivity contribution in [2.45, 2.75) is 45.6 Å². The van der Waals surface area contributed by atoms with Gasteiger partial charge in [-0.15, -0.1) is 0 Å². The Balaban J connectivity index is 2.12. The predicted octanol–water partition coefficient (Wildman–Crippen LogP) is 1.66. The van der Waals surface area contributed by atoms with Gasteiger partial charge in [-0.05, 0) is 24.7 Å². The van der Waals surface area contributed by atoms with Crippen LogP contribution in [0, 0.1) is 11.8 Å². The van der Waals surface area contributed by atoms with Crippen molar-refractivity contribution in [1.29, 1.82) is 0 Å². The molecule has 1 fully saturated rings. The molecule has 0 heterocycles. The first-order chi connectivity index (χ1) is 5.22. The molecule has 0 aliphatic heterocycles. The van der Waals surface area contributed by atoms with Crippen molar-refractivity contribution in [2.24, 2.45) is 17.7 Å². The molecule has 0 aromatic carbocycles. The molecule has 0 spiro atoms. The second kappa shape index (κ2) is 4.07. The standard InChI is InChI=1S/C9H20N2/c1-7(2)5-9(11-10)6-8-3-4-8/h7-9,11H,3-6,10H2,1-2H3. The van der Waals surface area contributed by atoms with E-state index < -0.39 is 0 Å². The number of hydrogen-bond donors (Lipinski definition) is 2. The lowest BCUT2D eigenvalue weighted by molar-refractivity contribution is 0.389. The van der Waals surface area contributed by atoms with Crippen molar-refractivity contribution in [3.8, 4) is 0 Å². The average Bonchev–Trinajstić information content (AvgIpc) is 2.69. The minimum Gasteiger partial charge on any atom is -0.271 e. The smallest absolute Gasteiger partial charge is 0.0215 e. The summed E-state index contributed by atoms with van der Waals surface area (Å²) in [5.41, 5.74) is 2.90. The quantitative estimate of drug-likeness (QED) is 0.469. The van der Waals surface area contributed by atoms with Gasteiger partial charge in [-0.1, -0.05) is 26.7 Å². The molecule has 0 aromatic heterocycles. The molecule has 1 saturated carbocycles. The molecule has 0 radical (unpaired) electrons. The highest BCUT2D eigenvalue weighted by Gasteiger charge is 2.25. The minimum atomic E-state index is 0.558. The van der Waals surface area contributed by atoms with Crippen LogP contribution in [0.1, 0.15) is 39.5 Å². The van der Waals surface area contributed by atoms with Gasteiger partial charge in [-0.3, -0.25) is 11.3 Å². The zero-order valence-corrected chi connectivity index (χ0v) is 7.64. The number of nitrogens with one attached hydrogen (secondary N) is 1. The molecule has 0 saturated heterocycles. The Kier molecular flexibility index (Phi) is 3.34. The van der Waals surface area contributed by atoms with E-state index in [1.165, 1.54) is 25.7 Å². The lowest BCUT2D eigenvalue weighted by Gasteiger charge is -2.17. The minimum absolute atomic E-state index is 0.558. The van der Waals surface area contributed by atoms with Gasteiger partial charge in [0, 0.05) is 6.04 Å². The van der Waals surface area contributed by atoms with Gasteiger partial charge < -0.3 is 0 Å². The predicted molar refractivity (Wildman–Crippen MR) is 47.9 cm³/mol. The summed E-state index contributed by atoms with van der Waals surface area (Å²) in [5, 5.41) is 0. The summed E-state index contributed by atoms with van der Waals surface area (Å²) >= 11 is 0. The van der Waals surface area contributed by atoms with Crippen LogP contribution in [0.25, 0.3) is 0 Å². The molecule has 2 nitrogen and oxygen atoms in total. The normalized spacial score (nSPS) is 20.7. The van der Waals surface area contributed by atoms with Gasteiger partial charge >= 0.3 is 0 Å². The van der Waals surface area contributed by atoms with E-state index in [-0.39, 0.29) is 0 Å². The fraction of sp³-hybridized carbons (Fsp3) is 1.00. The first kappa shape index (κ1) is 9.01. The van der Waals surface area contributed by atoms with Crippen molar-refractivity contribution < 1.29 is 0 Å². The third kappa shape index (κ3) is 3.73. The third-order valence-electron chi connectivity index (χ3n) is 2.31. The summed E-state index contributed by atoms with van der Waals surface area (Å²) in [6, 6.07) is 0.558. The van der Waals surface area contributed by atoms with E-state index in [4.69, 9.17) is 5.84 Å². The van der Waals surface area contributed by atoms with Crippen LogP contribution in [-0.4, -0.2) is 6.04 Å². The molecule has 1 aliphatic carbocycles. The summed E-state index contributed by atoms with van der Waals surface area (Å²) in [5.74, 6) is 7.19. The van der Waals surface area contributed by atoms with Crippen LogP contribution < -0.4 is 11.3 Å². The molecule has 11 heavy (non-hydrogen) atoms. The molecule has 1 aliphatic rings. The van der Waals surface area contributed by atoms with Crippen LogP contribution in [-0.2, 0) is 0 Å². The highest BCUT2D eigenvalue weighted by Crippen LogP contribution is 2.34. The van der Waals surface area contributed by atoms with Crippen LogP contribution in [0.4, 0.5) is 0 Å². The van der Waals surface area contributed by atoms with Crippen molar-refractivity contribution in [3.63, 3.8) is 0 Å². The summed E-state index contributed by atoms with van der Waals surface area (Å²) in [6.45, 7) is 4.49. The number of hydrogen-bond acceptors (Lipinski definition) is 2. The summed E-state index contributed by atoms with van der Waals surface area (Å²) in [6.07, 6.45) is 5.36. The van der Waals surface area contributed by atoms with Gasteiger partial charge in [-0.2, -0.15) is 0 Å². The zero-order valence-electron chi connectivity index (χ0n) is 7.64. The Morgan fingerprint density at radius 1 is 1.45 bits per heavy atom. The van der Waals surface area contributed by atoms with Crippen LogP contribution in [0.3, 0.4) is 0 Å². The van der Waals surface area contributed by atoms with Crippen LogP contribution in [0.2, 0.25) is 0 Å². The fourth-order valence-electron chi connectivity index (χ4n) is 1.56. The van der Waals surface area contributed by atoms with Gasteiger partial charge in [0.25, 0.3) is 0 Å². The number of nitrogens with two attached hydrogens (primary N) is 1. The van der Waals surface area contributed by atoms with Gasteiger partial charge in [0.1, 0.15) is 0 Å². The first-order valence-corrected chi connectivity index (χ1v) is 4.68. The lowest BCUT2D eigenvalue weighted by atomic mass is 10.00. The van der Waals surface area contributed by atoms with Gasteiger partial charge in [-0.25, -0.2) is 0 Å². The van der Waals surface area contributed by atoms with E-state index in [2.05, 4.69) is 19.3 Å². The van der Waals surface area contributed by atoms with E-state index in [1.807, 2.05) is 0 Å². The van der Waals surface area contributed by atoms with Crippen LogP contribution >= 0.6 is 0 Å². The summed E-state index contributed by atoms with van der Waals surface area (Å²) < 4.78 is 0. The molecule has 0 aromatic rings. The van der Waals surface area contributed by atoms with E-state index in [9.17, 15) is 0 Å². The molecule has 66 valence electrons. The molecule has 3 N–H and O–H groups in total. The van der Waals surface area contributed by atoms with Gasteiger partial charge in [0.2, 0.25) is 0 Å². The highest BCUT2D eigenvalue weighted by atomic mass is 15.2.